The quantitative estimate of drug-likeness (QED) is 0.603. The van der Waals surface area contributed by atoms with Crippen LogP contribution in [0.2, 0.25) is 5.28 Å². The van der Waals surface area contributed by atoms with Gasteiger partial charge in [-0.25, -0.2) is 4.98 Å². The molecule has 0 saturated carbocycles. The van der Waals surface area contributed by atoms with Crippen LogP contribution in [0.25, 0.3) is 20.7 Å². The molecule has 1 atom stereocenters. The van der Waals surface area contributed by atoms with Crippen molar-refractivity contribution in [2.75, 3.05) is 37.7 Å². The zero-order chi connectivity index (χ0) is 20.4. The van der Waals surface area contributed by atoms with Crippen LogP contribution < -0.4 is 10.2 Å². The highest BCUT2D eigenvalue weighted by molar-refractivity contribution is 7.22. The molecule has 1 saturated heterocycles. The molecular formula is C20H21ClN4O3S. The number of carbonyl (C=O) groups excluding carboxylic acids is 1. The van der Waals surface area contributed by atoms with Crippen molar-refractivity contribution in [3.63, 3.8) is 0 Å². The number of hydrogen-bond acceptors (Lipinski definition) is 7. The molecular weight excluding hydrogens is 412 g/mol. The molecule has 1 aliphatic heterocycles. The second-order valence-electron chi connectivity index (χ2n) is 6.88. The predicted octanol–water partition coefficient (Wildman–Crippen LogP) is 2.96. The fraction of sp³-hybridized carbons (Fsp3) is 0.350. The third kappa shape index (κ3) is 4.51. The first-order valence-corrected chi connectivity index (χ1v) is 10.6. The first kappa shape index (κ1) is 20.0. The summed E-state index contributed by atoms with van der Waals surface area (Å²) in [7, 11) is 0. The highest BCUT2D eigenvalue weighted by Gasteiger charge is 2.20. The third-order valence-electron chi connectivity index (χ3n) is 4.60. The normalized spacial score (nSPS) is 15.5. The molecule has 3 heterocycles. The van der Waals surface area contributed by atoms with Crippen molar-refractivity contribution in [2.45, 2.75) is 13.0 Å². The van der Waals surface area contributed by atoms with Gasteiger partial charge in [0, 0.05) is 30.1 Å². The first-order chi connectivity index (χ1) is 14.0. The Morgan fingerprint density at radius 2 is 2.14 bits per heavy atom. The lowest BCUT2D eigenvalue weighted by molar-refractivity contribution is 0.0924. The van der Waals surface area contributed by atoms with E-state index in [0.29, 0.717) is 18.8 Å². The van der Waals surface area contributed by atoms with Gasteiger partial charge in [0.05, 0.1) is 29.5 Å². The summed E-state index contributed by atoms with van der Waals surface area (Å²) in [4.78, 5) is 24.3. The van der Waals surface area contributed by atoms with Gasteiger partial charge < -0.3 is 20.1 Å². The molecule has 1 aliphatic rings. The summed E-state index contributed by atoms with van der Waals surface area (Å²) >= 11 is 7.76. The number of halogens is 1. The SMILES string of the molecule is C[C@H](O)CNC(=O)c1cccc(-c2cc3nc(Cl)nc(N4CCOCC4)c3s2)c1. The van der Waals surface area contributed by atoms with E-state index in [2.05, 4.69) is 20.2 Å². The van der Waals surface area contributed by atoms with Crippen molar-refractivity contribution in [2.24, 2.45) is 0 Å². The van der Waals surface area contributed by atoms with E-state index in [1.54, 1.807) is 24.3 Å². The second kappa shape index (κ2) is 8.62. The number of rotatable bonds is 5. The molecule has 1 aromatic carbocycles. The lowest BCUT2D eigenvalue weighted by Crippen LogP contribution is -2.36. The van der Waals surface area contributed by atoms with Gasteiger partial charge in [-0.1, -0.05) is 12.1 Å². The van der Waals surface area contributed by atoms with E-state index in [1.807, 2.05) is 24.3 Å². The molecule has 7 nitrogen and oxygen atoms in total. The Kier molecular flexibility index (Phi) is 5.96. The number of thiophene rings is 1. The molecule has 1 amide bonds. The van der Waals surface area contributed by atoms with Crippen molar-refractivity contribution in [1.29, 1.82) is 0 Å². The van der Waals surface area contributed by atoms with Crippen molar-refractivity contribution in [1.82, 2.24) is 15.3 Å². The molecule has 152 valence electrons. The van der Waals surface area contributed by atoms with Crippen LogP contribution in [0.1, 0.15) is 17.3 Å². The minimum Gasteiger partial charge on any atom is -0.392 e. The molecule has 0 aliphatic carbocycles. The Balaban J connectivity index is 1.68. The maximum Gasteiger partial charge on any atom is 0.251 e. The summed E-state index contributed by atoms with van der Waals surface area (Å²) in [6.45, 7) is 4.67. The summed E-state index contributed by atoms with van der Waals surface area (Å²) in [6, 6.07) is 9.37. The molecule has 29 heavy (non-hydrogen) atoms. The average molecular weight is 433 g/mol. The average Bonchev–Trinajstić information content (AvgIpc) is 3.16. The lowest BCUT2D eigenvalue weighted by atomic mass is 10.1. The Morgan fingerprint density at radius 3 is 2.90 bits per heavy atom. The van der Waals surface area contributed by atoms with Crippen LogP contribution in [-0.4, -0.2) is 59.9 Å². The van der Waals surface area contributed by atoms with Crippen molar-refractivity contribution in [3.05, 3.63) is 41.2 Å². The number of morpholine rings is 1. The molecule has 0 spiro atoms. The molecule has 3 aromatic rings. The van der Waals surface area contributed by atoms with Crippen molar-refractivity contribution >= 4 is 44.9 Å². The number of amides is 1. The van der Waals surface area contributed by atoms with Crippen LogP contribution in [0.15, 0.2) is 30.3 Å². The number of hydrogen-bond donors (Lipinski definition) is 2. The minimum atomic E-state index is -0.591. The fourth-order valence-electron chi connectivity index (χ4n) is 3.18. The van der Waals surface area contributed by atoms with Crippen LogP contribution >= 0.6 is 22.9 Å². The van der Waals surface area contributed by atoms with Gasteiger partial charge in [-0.05, 0) is 42.3 Å². The van der Waals surface area contributed by atoms with Crippen molar-refractivity contribution < 1.29 is 14.6 Å². The fourth-order valence-corrected chi connectivity index (χ4v) is 4.46. The number of anilines is 1. The number of aromatic nitrogens is 2. The summed E-state index contributed by atoms with van der Waals surface area (Å²) in [6.07, 6.45) is -0.591. The number of aliphatic hydroxyl groups is 1. The first-order valence-electron chi connectivity index (χ1n) is 9.38. The standard InChI is InChI=1S/C20H21ClN4O3S/c1-12(26)11-22-19(27)14-4-2-3-13(9-14)16-10-15-17(29-16)18(24-20(21)23-15)25-5-7-28-8-6-25/h2-4,9-10,12,26H,5-8,11H2,1H3,(H,22,27)/t12-/m0/s1. The second-order valence-corrected chi connectivity index (χ2v) is 8.27. The van der Waals surface area contributed by atoms with E-state index in [-0.39, 0.29) is 17.7 Å². The number of nitrogens with one attached hydrogen (secondary N) is 1. The Labute approximate surface area is 177 Å². The summed E-state index contributed by atoms with van der Waals surface area (Å²) in [5, 5.41) is 12.3. The molecule has 9 heteroatoms. The maximum atomic E-state index is 12.3. The maximum absolute atomic E-state index is 12.3. The number of aliphatic hydroxyl groups excluding tert-OH is 1. The zero-order valence-electron chi connectivity index (χ0n) is 15.9. The molecule has 0 unspecified atom stereocenters. The highest BCUT2D eigenvalue weighted by atomic mass is 35.5. The smallest absolute Gasteiger partial charge is 0.251 e. The van der Waals surface area contributed by atoms with Crippen LogP contribution in [0.4, 0.5) is 5.82 Å². The zero-order valence-corrected chi connectivity index (χ0v) is 17.5. The van der Waals surface area contributed by atoms with Gasteiger partial charge in [0.2, 0.25) is 5.28 Å². The molecule has 0 radical (unpaired) electrons. The van der Waals surface area contributed by atoms with Gasteiger partial charge in [-0.3, -0.25) is 4.79 Å². The Morgan fingerprint density at radius 1 is 1.34 bits per heavy atom. The minimum absolute atomic E-state index is 0.211. The van der Waals surface area contributed by atoms with Gasteiger partial charge in [0.25, 0.3) is 5.91 Å². The molecule has 2 N–H and O–H groups in total. The van der Waals surface area contributed by atoms with Gasteiger partial charge >= 0.3 is 0 Å². The van der Waals surface area contributed by atoms with E-state index < -0.39 is 6.10 Å². The van der Waals surface area contributed by atoms with Gasteiger partial charge in [-0.2, -0.15) is 4.98 Å². The largest absolute Gasteiger partial charge is 0.392 e. The van der Waals surface area contributed by atoms with Gasteiger partial charge in [0.15, 0.2) is 5.82 Å². The number of benzene rings is 1. The van der Waals surface area contributed by atoms with Crippen molar-refractivity contribution in [3.8, 4) is 10.4 Å². The van der Waals surface area contributed by atoms with Gasteiger partial charge in [0.1, 0.15) is 0 Å². The third-order valence-corrected chi connectivity index (χ3v) is 5.94. The number of nitrogens with zero attached hydrogens (tertiary/aromatic N) is 3. The lowest BCUT2D eigenvalue weighted by Gasteiger charge is -2.28. The van der Waals surface area contributed by atoms with Crippen LogP contribution in [0.5, 0.6) is 0 Å². The monoisotopic (exact) mass is 432 g/mol. The predicted molar refractivity (Wildman–Crippen MR) is 115 cm³/mol. The number of fused-ring (bicyclic) bond motifs is 1. The number of carbonyl (C=O) groups is 1. The molecule has 2 aromatic heterocycles. The van der Waals surface area contributed by atoms with E-state index in [1.165, 1.54) is 0 Å². The highest BCUT2D eigenvalue weighted by Crippen LogP contribution is 2.38. The molecule has 0 bridgehead atoms. The number of ether oxygens (including phenoxy) is 1. The van der Waals surface area contributed by atoms with Crippen LogP contribution in [0.3, 0.4) is 0 Å². The summed E-state index contributed by atoms with van der Waals surface area (Å²) < 4.78 is 6.41. The van der Waals surface area contributed by atoms with Crippen LogP contribution in [0, 0.1) is 0 Å². The summed E-state index contributed by atoms with van der Waals surface area (Å²) in [5.74, 6) is 0.607. The molecule has 4 rings (SSSR count). The van der Waals surface area contributed by atoms with E-state index in [0.717, 1.165) is 39.6 Å². The van der Waals surface area contributed by atoms with Crippen LogP contribution in [-0.2, 0) is 4.74 Å². The topological polar surface area (TPSA) is 87.6 Å². The summed E-state index contributed by atoms with van der Waals surface area (Å²) in [5.41, 5.74) is 2.25. The molecule has 1 fully saturated rings. The van der Waals surface area contributed by atoms with E-state index in [4.69, 9.17) is 16.3 Å². The van der Waals surface area contributed by atoms with E-state index in [9.17, 15) is 9.90 Å². The van der Waals surface area contributed by atoms with E-state index >= 15 is 0 Å². The van der Waals surface area contributed by atoms with Gasteiger partial charge in [-0.15, -0.1) is 11.3 Å². The Hall–Kier alpha value is -2.26. The Bertz CT molecular complexity index is 1030.